The third-order valence-electron chi connectivity index (χ3n) is 3.03. The molecule has 1 fully saturated rings. The van der Waals surface area contributed by atoms with E-state index in [9.17, 15) is 5.11 Å². The lowest BCUT2D eigenvalue weighted by atomic mass is 10.2. The van der Waals surface area contributed by atoms with Crippen LogP contribution in [0.25, 0.3) is 0 Å². The molecule has 0 heterocycles. The van der Waals surface area contributed by atoms with Crippen molar-refractivity contribution in [3.63, 3.8) is 0 Å². The van der Waals surface area contributed by atoms with Crippen LogP contribution in [0.1, 0.15) is 18.4 Å². The summed E-state index contributed by atoms with van der Waals surface area (Å²) in [5.74, 6) is 1.70. The molecule has 0 amide bonds. The summed E-state index contributed by atoms with van der Waals surface area (Å²) in [7, 11) is 0. The van der Waals surface area contributed by atoms with Crippen molar-refractivity contribution in [3.05, 3.63) is 29.8 Å². The Balaban J connectivity index is 1.64. The van der Waals surface area contributed by atoms with Gasteiger partial charge >= 0.3 is 0 Å². The second kappa shape index (κ2) is 6.03. The number of hydrogen-bond acceptors (Lipinski definition) is 3. The molecule has 0 radical (unpaired) electrons. The monoisotopic (exact) mass is 235 g/mol. The fraction of sp³-hybridized carbons (Fsp3) is 0.571. The number of para-hydroxylation sites is 1. The van der Waals surface area contributed by atoms with Crippen LogP contribution in [0.3, 0.4) is 0 Å². The fourth-order valence-electron chi connectivity index (χ4n) is 1.74. The van der Waals surface area contributed by atoms with Gasteiger partial charge in [-0.25, -0.2) is 0 Å². The minimum atomic E-state index is -0.437. The summed E-state index contributed by atoms with van der Waals surface area (Å²) in [5.41, 5.74) is 1.10. The Morgan fingerprint density at radius 1 is 1.41 bits per heavy atom. The molecule has 1 aromatic carbocycles. The van der Waals surface area contributed by atoms with Gasteiger partial charge in [0, 0.05) is 6.54 Å². The van der Waals surface area contributed by atoms with Gasteiger partial charge in [0.1, 0.15) is 18.5 Å². The molecular formula is C14H21NO2. The van der Waals surface area contributed by atoms with Crippen LogP contribution < -0.4 is 10.1 Å². The van der Waals surface area contributed by atoms with E-state index in [1.165, 1.54) is 12.8 Å². The predicted molar refractivity (Wildman–Crippen MR) is 68.3 cm³/mol. The number of hydrogen-bond donors (Lipinski definition) is 2. The first-order valence-corrected chi connectivity index (χ1v) is 6.33. The van der Waals surface area contributed by atoms with Crippen LogP contribution in [0.5, 0.6) is 5.75 Å². The smallest absolute Gasteiger partial charge is 0.122 e. The van der Waals surface area contributed by atoms with E-state index in [1.54, 1.807) is 0 Å². The average molecular weight is 235 g/mol. The average Bonchev–Trinajstić information content (AvgIpc) is 3.12. The second-order valence-electron chi connectivity index (χ2n) is 4.83. The molecule has 3 nitrogen and oxygen atoms in total. The van der Waals surface area contributed by atoms with E-state index >= 15 is 0 Å². The standard InChI is InChI=1S/C14H21NO2/c1-11-4-2-3-5-14(11)17-10-13(16)9-15-8-12-6-7-12/h2-5,12-13,15-16H,6-10H2,1H3. The Hall–Kier alpha value is -1.06. The Labute approximate surface area is 103 Å². The first-order valence-electron chi connectivity index (χ1n) is 6.33. The van der Waals surface area contributed by atoms with Gasteiger partial charge in [-0.2, -0.15) is 0 Å². The highest BCUT2D eigenvalue weighted by molar-refractivity contribution is 5.31. The van der Waals surface area contributed by atoms with Gasteiger partial charge in [0.15, 0.2) is 0 Å². The topological polar surface area (TPSA) is 41.5 Å². The highest BCUT2D eigenvalue weighted by Gasteiger charge is 2.20. The zero-order valence-electron chi connectivity index (χ0n) is 10.4. The molecule has 1 atom stereocenters. The number of aliphatic hydroxyl groups excluding tert-OH is 1. The molecule has 1 aliphatic carbocycles. The van der Waals surface area contributed by atoms with Gasteiger partial charge < -0.3 is 15.2 Å². The van der Waals surface area contributed by atoms with Gasteiger partial charge in [0.05, 0.1) is 0 Å². The van der Waals surface area contributed by atoms with E-state index in [0.717, 1.165) is 23.8 Å². The Morgan fingerprint density at radius 2 is 2.18 bits per heavy atom. The summed E-state index contributed by atoms with van der Waals surface area (Å²) in [5, 5.41) is 13.0. The van der Waals surface area contributed by atoms with Gasteiger partial charge in [-0.3, -0.25) is 0 Å². The first-order chi connectivity index (χ1) is 8.25. The highest BCUT2D eigenvalue weighted by atomic mass is 16.5. The second-order valence-corrected chi connectivity index (χ2v) is 4.83. The van der Waals surface area contributed by atoms with Crippen molar-refractivity contribution in [1.29, 1.82) is 0 Å². The number of aryl methyl sites for hydroxylation is 1. The number of benzene rings is 1. The molecule has 94 valence electrons. The minimum absolute atomic E-state index is 0.350. The number of rotatable bonds is 7. The van der Waals surface area contributed by atoms with E-state index < -0.39 is 6.10 Å². The van der Waals surface area contributed by atoms with Crippen LogP contribution in [-0.4, -0.2) is 30.9 Å². The third-order valence-corrected chi connectivity index (χ3v) is 3.03. The molecule has 3 heteroatoms. The maximum Gasteiger partial charge on any atom is 0.122 e. The molecule has 0 bridgehead atoms. The van der Waals surface area contributed by atoms with Crippen LogP contribution in [0, 0.1) is 12.8 Å². The van der Waals surface area contributed by atoms with Crippen LogP contribution in [0.15, 0.2) is 24.3 Å². The van der Waals surface area contributed by atoms with E-state index in [-0.39, 0.29) is 0 Å². The van der Waals surface area contributed by atoms with Crippen LogP contribution in [-0.2, 0) is 0 Å². The maximum atomic E-state index is 9.75. The summed E-state index contributed by atoms with van der Waals surface area (Å²) in [6, 6.07) is 7.86. The molecule has 0 saturated heterocycles. The summed E-state index contributed by atoms with van der Waals surface area (Å²) < 4.78 is 5.58. The lowest BCUT2D eigenvalue weighted by Gasteiger charge is -2.14. The van der Waals surface area contributed by atoms with E-state index in [0.29, 0.717) is 13.2 Å². The zero-order valence-corrected chi connectivity index (χ0v) is 10.4. The zero-order chi connectivity index (χ0) is 12.1. The van der Waals surface area contributed by atoms with Gasteiger partial charge in [0.2, 0.25) is 0 Å². The van der Waals surface area contributed by atoms with Crippen LogP contribution in [0.2, 0.25) is 0 Å². The van der Waals surface area contributed by atoms with E-state index in [1.807, 2.05) is 31.2 Å². The molecule has 0 spiro atoms. The summed E-state index contributed by atoms with van der Waals surface area (Å²) in [6.07, 6.45) is 2.24. The van der Waals surface area contributed by atoms with Crippen LogP contribution in [0.4, 0.5) is 0 Å². The molecular weight excluding hydrogens is 214 g/mol. The van der Waals surface area contributed by atoms with Crippen molar-refractivity contribution in [2.24, 2.45) is 5.92 Å². The quantitative estimate of drug-likeness (QED) is 0.756. The Morgan fingerprint density at radius 3 is 2.88 bits per heavy atom. The molecule has 2 rings (SSSR count). The molecule has 0 aliphatic heterocycles. The van der Waals surface area contributed by atoms with Gasteiger partial charge in [-0.05, 0) is 43.9 Å². The van der Waals surface area contributed by atoms with Gasteiger partial charge in [0.25, 0.3) is 0 Å². The van der Waals surface area contributed by atoms with Crippen molar-refractivity contribution in [1.82, 2.24) is 5.32 Å². The minimum Gasteiger partial charge on any atom is -0.491 e. The molecule has 1 saturated carbocycles. The lowest BCUT2D eigenvalue weighted by Crippen LogP contribution is -2.32. The molecule has 17 heavy (non-hydrogen) atoms. The maximum absolute atomic E-state index is 9.75. The molecule has 1 aliphatic rings. The summed E-state index contributed by atoms with van der Waals surface area (Å²) in [6.45, 7) is 4.00. The summed E-state index contributed by atoms with van der Waals surface area (Å²) >= 11 is 0. The normalized spacial score (nSPS) is 16.8. The molecule has 2 N–H and O–H groups in total. The van der Waals surface area contributed by atoms with Crippen molar-refractivity contribution in [2.45, 2.75) is 25.9 Å². The van der Waals surface area contributed by atoms with Gasteiger partial charge in [-0.15, -0.1) is 0 Å². The molecule has 1 aromatic rings. The highest BCUT2D eigenvalue weighted by Crippen LogP contribution is 2.27. The fourth-order valence-corrected chi connectivity index (χ4v) is 1.74. The number of nitrogens with one attached hydrogen (secondary N) is 1. The number of ether oxygens (including phenoxy) is 1. The SMILES string of the molecule is Cc1ccccc1OCC(O)CNCC1CC1. The van der Waals surface area contributed by atoms with E-state index in [2.05, 4.69) is 5.32 Å². The van der Waals surface area contributed by atoms with Crippen molar-refractivity contribution < 1.29 is 9.84 Å². The Bertz CT molecular complexity index is 350. The van der Waals surface area contributed by atoms with Gasteiger partial charge in [-0.1, -0.05) is 18.2 Å². The lowest BCUT2D eigenvalue weighted by molar-refractivity contribution is 0.106. The molecule has 1 unspecified atom stereocenters. The Kier molecular flexibility index (Phi) is 4.40. The van der Waals surface area contributed by atoms with Crippen molar-refractivity contribution in [2.75, 3.05) is 19.7 Å². The predicted octanol–water partition coefficient (Wildman–Crippen LogP) is 1.73. The van der Waals surface area contributed by atoms with Crippen molar-refractivity contribution in [3.8, 4) is 5.75 Å². The van der Waals surface area contributed by atoms with Crippen LogP contribution >= 0.6 is 0 Å². The van der Waals surface area contributed by atoms with E-state index in [4.69, 9.17) is 4.74 Å². The molecule has 0 aromatic heterocycles. The summed E-state index contributed by atoms with van der Waals surface area (Å²) in [4.78, 5) is 0. The largest absolute Gasteiger partial charge is 0.491 e. The third kappa shape index (κ3) is 4.36. The van der Waals surface area contributed by atoms with Crippen molar-refractivity contribution >= 4 is 0 Å². The number of aliphatic hydroxyl groups is 1. The first kappa shape index (κ1) is 12.4.